The Morgan fingerprint density at radius 2 is 1.62 bits per heavy atom. The zero-order valence-corrected chi connectivity index (χ0v) is 14.2. The van der Waals surface area contributed by atoms with Crippen LogP contribution in [0.3, 0.4) is 0 Å². The largest absolute Gasteiger partial charge is 0.346 e. The normalized spacial score (nSPS) is 11.6. The zero-order valence-electron chi connectivity index (χ0n) is 14.2. The fourth-order valence-electron chi connectivity index (χ4n) is 2.69. The Balaban J connectivity index is 1.92. The number of anilines is 1. The SMILES string of the molecule is CCc1ccccc1NC(=O)CNC(=O)C(CC)c1ccccc1. The molecule has 2 aromatic rings. The quantitative estimate of drug-likeness (QED) is 0.819. The van der Waals surface area contributed by atoms with Crippen molar-refractivity contribution in [2.24, 2.45) is 0 Å². The molecule has 0 fully saturated rings. The van der Waals surface area contributed by atoms with Crippen molar-refractivity contribution < 1.29 is 9.59 Å². The highest BCUT2D eigenvalue weighted by molar-refractivity contribution is 5.96. The van der Waals surface area contributed by atoms with E-state index >= 15 is 0 Å². The van der Waals surface area contributed by atoms with Crippen LogP contribution >= 0.6 is 0 Å². The molecule has 0 radical (unpaired) electrons. The van der Waals surface area contributed by atoms with Gasteiger partial charge in [-0.15, -0.1) is 0 Å². The van der Waals surface area contributed by atoms with Crippen LogP contribution in [0.2, 0.25) is 0 Å². The molecule has 24 heavy (non-hydrogen) atoms. The van der Waals surface area contributed by atoms with Gasteiger partial charge in [0.05, 0.1) is 12.5 Å². The standard InChI is InChI=1S/C20H24N2O2/c1-3-15-10-8-9-13-18(15)22-19(23)14-21-20(24)17(4-2)16-11-6-5-7-12-16/h5-13,17H,3-4,14H2,1-2H3,(H,21,24)(H,22,23). The van der Waals surface area contributed by atoms with Crippen molar-refractivity contribution in [2.75, 3.05) is 11.9 Å². The van der Waals surface area contributed by atoms with E-state index in [-0.39, 0.29) is 24.3 Å². The molecule has 1 unspecified atom stereocenters. The number of carbonyl (C=O) groups is 2. The summed E-state index contributed by atoms with van der Waals surface area (Å²) in [6.07, 6.45) is 1.53. The number of para-hydroxylation sites is 1. The van der Waals surface area contributed by atoms with Gasteiger partial charge in [0.25, 0.3) is 0 Å². The van der Waals surface area contributed by atoms with Crippen LogP contribution in [0, 0.1) is 0 Å². The minimum absolute atomic E-state index is 0.0276. The van der Waals surface area contributed by atoms with Crippen LogP contribution in [0.4, 0.5) is 5.69 Å². The predicted octanol–water partition coefficient (Wildman–Crippen LogP) is 3.50. The third kappa shape index (κ3) is 4.69. The first-order valence-corrected chi connectivity index (χ1v) is 8.36. The lowest BCUT2D eigenvalue weighted by Crippen LogP contribution is -2.36. The summed E-state index contributed by atoms with van der Waals surface area (Å²) in [5.74, 6) is -0.572. The number of aryl methyl sites for hydroxylation is 1. The second-order valence-corrected chi connectivity index (χ2v) is 5.65. The van der Waals surface area contributed by atoms with Gasteiger partial charge in [-0.05, 0) is 30.0 Å². The van der Waals surface area contributed by atoms with Gasteiger partial charge in [-0.25, -0.2) is 0 Å². The number of carbonyl (C=O) groups excluding carboxylic acids is 2. The van der Waals surface area contributed by atoms with Gasteiger partial charge < -0.3 is 10.6 Å². The average Bonchev–Trinajstić information content (AvgIpc) is 2.62. The molecule has 4 heteroatoms. The molecule has 4 nitrogen and oxygen atoms in total. The summed E-state index contributed by atoms with van der Waals surface area (Å²) < 4.78 is 0. The summed E-state index contributed by atoms with van der Waals surface area (Å²) in [7, 11) is 0. The molecule has 2 aromatic carbocycles. The first-order chi connectivity index (χ1) is 11.7. The smallest absolute Gasteiger partial charge is 0.243 e. The van der Waals surface area contributed by atoms with E-state index in [0.29, 0.717) is 6.42 Å². The van der Waals surface area contributed by atoms with E-state index in [2.05, 4.69) is 10.6 Å². The van der Waals surface area contributed by atoms with Gasteiger partial charge in [0.2, 0.25) is 11.8 Å². The molecule has 0 spiro atoms. The Bertz CT molecular complexity index is 683. The molecule has 2 N–H and O–H groups in total. The molecule has 1 atom stereocenters. The molecular weight excluding hydrogens is 300 g/mol. The van der Waals surface area contributed by atoms with Crippen molar-refractivity contribution in [1.82, 2.24) is 5.32 Å². The Morgan fingerprint density at radius 1 is 0.958 bits per heavy atom. The number of amides is 2. The van der Waals surface area contributed by atoms with Crippen LogP contribution in [0.1, 0.15) is 37.3 Å². The first-order valence-electron chi connectivity index (χ1n) is 8.36. The maximum absolute atomic E-state index is 12.4. The van der Waals surface area contributed by atoms with Crippen LogP contribution in [0.5, 0.6) is 0 Å². The lowest BCUT2D eigenvalue weighted by atomic mass is 9.96. The topological polar surface area (TPSA) is 58.2 Å². The van der Waals surface area contributed by atoms with Gasteiger partial charge in [-0.1, -0.05) is 62.4 Å². The first kappa shape index (κ1) is 17.7. The van der Waals surface area contributed by atoms with Crippen LogP contribution in [-0.2, 0) is 16.0 Å². The summed E-state index contributed by atoms with van der Waals surface area (Å²) in [6, 6.07) is 17.3. The zero-order chi connectivity index (χ0) is 17.4. The molecule has 0 aromatic heterocycles. The number of hydrogen-bond donors (Lipinski definition) is 2. The van der Waals surface area contributed by atoms with E-state index in [9.17, 15) is 9.59 Å². The molecule has 0 aliphatic heterocycles. The number of rotatable bonds is 7. The molecule has 0 heterocycles. The maximum atomic E-state index is 12.4. The fourth-order valence-corrected chi connectivity index (χ4v) is 2.69. The highest BCUT2D eigenvalue weighted by atomic mass is 16.2. The van der Waals surface area contributed by atoms with Crippen LogP contribution in [0.15, 0.2) is 54.6 Å². The van der Waals surface area contributed by atoms with Crippen molar-refractivity contribution in [3.63, 3.8) is 0 Å². The monoisotopic (exact) mass is 324 g/mol. The molecule has 126 valence electrons. The second kappa shape index (κ2) is 8.87. The van der Waals surface area contributed by atoms with Gasteiger partial charge in [0.15, 0.2) is 0 Å². The molecule has 0 saturated carbocycles. The summed E-state index contributed by atoms with van der Waals surface area (Å²) in [6.45, 7) is 3.98. The van der Waals surface area contributed by atoms with Gasteiger partial charge in [-0.3, -0.25) is 9.59 Å². The maximum Gasteiger partial charge on any atom is 0.243 e. The lowest BCUT2D eigenvalue weighted by Gasteiger charge is -2.15. The third-order valence-corrected chi connectivity index (χ3v) is 4.02. The summed E-state index contributed by atoms with van der Waals surface area (Å²) in [5.41, 5.74) is 2.84. The van der Waals surface area contributed by atoms with Crippen LogP contribution in [-0.4, -0.2) is 18.4 Å². The average molecular weight is 324 g/mol. The van der Waals surface area contributed by atoms with Crippen molar-refractivity contribution in [2.45, 2.75) is 32.6 Å². The van der Waals surface area contributed by atoms with Crippen molar-refractivity contribution >= 4 is 17.5 Å². The summed E-state index contributed by atoms with van der Waals surface area (Å²) >= 11 is 0. The van der Waals surface area contributed by atoms with E-state index < -0.39 is 0 Å². The molecule has 2 amide bonds. The van der Waals surface area contributed by atoms with E-state index in [1.54, 1.807) is 0 Å². The molecular formula is C20H24N2O2. The molecule has 0 saturated heterocycles. The Morgan fingerprint density at radius 3 is 2.29 bits per heavy atom. The van der Waals surface area contributed by atoms with Gasteiger partial charge in [0, 0.05) is 5.69 Å². The predicted molar refractivity (Wildman–Crippen MR) is 96.9 cm³/mol. The van der Waals surface area contributed by atoms with E-state index in [1.165, 1.54) is 0 Å². The van der Waals surface area contributed by atoms with E-state index in [4.69, 9.17) is 0 Å². The van der Waals surface area contributed by atoms with Crippen molar-refractivity contribution in [3.8, 4) is 0 Å². The number of hydrogen-bond acceptors (Lipinski definition) is 2. The van der Waals surface area contributed by atoms with Gasteiger partial charge in [-0.2, -0.15) is 0 Å². The molecule has 0 aliphatic rings. The minimum Gasteiger partial charge on any atom is -0.346 e. The Labute approximate surface area is 143 Å². The highest BCUT2D eigenvalue weighted by Crippen LogP contribution is 2.19. The molecule has 2 rings (SSSR count). The van der Waals surface area contributed by atoms with Crippen molar-refractivity contribution in [3.05, 3.63) is 65.7 Å². The van der Waals surface area contributed by atoms with Crippen LogP contribution in [0.25, 0.3) is 0 Å². The third-order valence-electron chi connectivity index (χ3n) is 4.02. The Kier molecular flexibility index (Phi) is 6.55. The summed E-state index contributed by atoms with van der Waals surface area (Å²) in [5, 5.41) is 5.60. The van der Waals surface area contributed by atoms with E-state index in [1.807, 2.05) is 68.4 Å². The highest BCUT2D eigenvalue weighted by Gasteiger charge is 2.18. The molecule has 0 aliphatic carbocycles. The number of nitrogens with one attached hydrogen (secondary N) is 2. The fraction of sp³-hybridized carbons (Fsp3) is 0.300. The minimum atomic E-state index is -0.234. The van der Waals surface area contributed by atoms with E-state index in [0.717, 1.165) is 23.2 Å². The number of benzene rings is 2. The van der Waals surface area contributed by atoms with Crippen LogP contribution < -0.4 is 10.6 Å². The molecule has 0 bridgehead atoms. The second-order valence-electron chi connectivity index (χ2n) is 5.65. The summed E-state index contributed by atoms with van der Waals surface area (Å²) in [4.78, 5) is 24.5. The van der Waals surface area contributed by atoms with Gasteiger partial charge in [0.1, 0.15) is 0 Å². The van der Waals surface area contributed by atoms with Gasteiger partial charge >= 0.3 is 0 Å². The lowest BCUT2D eigenvalue weighted by molar-refractivity contribution is -0.125. The van der Waals surface area contributed by atoms with Crippen molar-refractivity contribution in [1.29, 1.82) is 0 Å². The Hall–Kier alpha value is -2.62.